The van der Waals surface area contributed by atoms with Gasteiger partial charge in [-0.15, -0.1) is 0 Å². The average molecular weight is 340 g/mol. The van der Waals surface area contributed by atoms with Crippen molar-refractivity contribution in [3.05, 3.63) is 90.0 Å². The van der Waals surface area contributed by atoms with Gasteiger partial charge in [0.15, 0.2) is 0 Å². The Bertz CT molecular complexity index is 950. The molecule has 0 aromatic heterocycles. The first-order valence-corrected chi connectivity index (χ1v) is 8.81. The van der Waals surface area contributed by atoms with Gasteiger partial charge in [-0.05, 0) is 49.6 Å². The van der Waals surface area contributed by atoms with E-state index in [-0.39, 0.29) is 0 Å². The van der Waals surface area contributed by atoms with Crippen LogP contribution in [-0.2, 0) is 0 Å². The molecule has 0 atom stereocenters. The summed E-state index contributed by atoms with van der Waals surface area (Å²) in [6.45, 7) is 10.4. The normalized spacial score (nSPS) is 10.9. The van der Waals surface area contributed by atoms with Crippen molar-refractivity contribution in [1.82, 2.24) is 0 Å². The lowest BCUT2D eigenvalue weighted by Crippen LogP contribution is -2.01. The molecular formula is C24H24N2. The van der Waals surface area contributed by atoms with Crippen LogP contribution in [0.4, 0.5) is 11.4 Å². The summed E-state index contributed by atoms with van der Waals surface area (Å²) in [6.07, 6.45) is 1.81. The summed E-state index contributed by atoms with van der Waals surface area (Å²) in [6, 6.07) is 23.0. The molecule has 1 N–H and O–H groups in total. The Balaban J connectivity index is 1.95. The number of nitrogens with one attached hydrogen (secondary N) is 1. The van der Waals surface area contributed by atoms with Gasteiger partial charge in [-0.1, -0.05) is 66.7 Å². The third-order valence-corrected chi connectivity index (χ3v) is 4.47. The van der Waals surface area contributed by atoms with Gasteiger partial charge in [0, 0.05) is 23.2 Å². The monoisotopic (exact) mass is 340 g/mol. The van der Waals surface area contributed by atoms with E-state index in [9.17, 15) is 0 Å². The lowest BCUT2D eigenvalue weighted by Gasteiger charge is -2.16. The van der Waals surface area contributed by atoms with Crippen molar-refractivity contribution >= 4 is 23.3 Å². The van der Waals surface area contributed by atoms with Gasteiger partial charge in [-0.25, -0.2) is 0 Å². The van der Waals surface area contributed by atoms with Crippen LogP contribution in [0.25, 0.3) is 16.8 Å². The minimum atomic E-state index is 0.877. The van der Waals surface area contributed by atoms with Crippen LogP contribution < -0.4 is 5.32 Å². The van der Waals surface area contributed by atoms with Crippen molar-refractivity contribution in [3.63, 3.8) is 0 Å². The molecule has 0 aliphatic heterocycles. The van der Waals surface area contributed by atoms with E-state index in [2.05, 4.69) is 79.3 Å². The molecule has 2 heteroatoms. The van der Waals surface area contributed by atoms with Gasteiger partial charge >= 0.3 is 0 Å². The second kappa shape index (κ2) is 7.83. The number of hydrogen-bond donors (Lipinski definition) is 1. The largest absolute Gasteiger partial charge is 0.355 e. The van der Waals surface area contributed by atoms with Crippen molar-refractivity contribution in [2.75, 3.05) is 5.32 Å². The number of anilines is 1. The fourth-order valence-corrected chi connectivity index (χ4v) is 3.00. The first kappa shape index (κ1) is 17.7. The number of aryl methyl sites for hydroxylation is 1. The van der Waals surface area contributed by atoms with Crippen molar-refractivity contribution in [2.45, 2.75) is 20.8 Å². The molecule has 0 aliphatic carbocycles. The van der Waals surface area contributed by atoms with Crippen LogP contribution in [0.5, 0.6) is 0 Å². The predicted molar refractivity (Wildman–Crippen MR) is 114 cm³/mol. The highest BCUT2D eigenvalue weighted by Gasteiger charge is 2.10. The first-order valence-electron chi connectivity index (χ1n) is 8.81. The van der Waals surface area contributed by atoms with Crippen molar-refractivity contribution in [2.24, 2.45) is 4.99 Å². The maximum Gasteiger partial charge on any atom is 0.0675 e. The maximum atomic E-state index is 4.43. The summed E-state index contributed by atoms with van der Waals surface area (Å²) in [7, 11) is 0. The predicted octanol–water partition coefficient (Wildman–Crippen LogP) is 6.78. The lowest BCUT2D eigenvalue weighted by atomic mass is 9.97. The Morgan fingerprint density at radius 1 is 0.923 bits per heavy atom. The third kappa shape index (κ3) is 3.75. The van der Waals surface area contributed by atoms with Crippen LogP contribution in [0.15, 0.2) is 78.3 Å². The van der Waals surface area contributed by atoms with Gasteiger partial charge in [0.2, 0.25) is 0 Å². The Labute approximate surface area is 155 Å². The van der Waals surface area contributed by atoms with Crippen molar-refractivity contribution in [1.29, 1.82) is 0 Å². The van der Waals surface area contributed by atoms with Gasteiger partial charge < -0.3 is 5.32 Å². The quantitative estimate of drug-likeness (QED) is 0.509. The number of aliphatic imine (C=N–C) groups is 1. The molecule has 0 aliphatic rings. The molecule has 0 fully saturated rings. The number of nitrogens with zero attached hydrogens (tertiary/aromatic N) is 1. The molecule has 3 rings (SSSR count). The Morgan fingerprint density at radius 2 is 1.65 bits per heavy atom. The minimum absolute atomic E-state index is 0.877. The van der Waals surface area contributed by atoms with Crippen molar-refractivity contribution in [3.8, 4) is 11.1 Å². The van der Waals surface area contributed by atoms with E-state index in [4.69, 9.17) is 0 Å². The molecule has 0 unspecified atom stereocenters. The molecule has 0 radical (unpaired) electrons. The smallest absolute Gasteiger partial charge is 0.0675 e. The topological polar surface area (TPSA) is 24.4 Å². The van der Waals surface area contributed by atoms with Gasteiger partial charge in [-0.2, -0.15) is 0 Å². The Hall–Kier alpha value is -3.13. The second-order valence-electron chi connectivity index (χ2n) is 6.35. The van der Waals surface area contributed by atoms with Crippen LogP contribution in [0.3, 0.4) is 0 Å². The number of rotatable bonds is 5. The zero-order chi connectivity index (χ0) is 18.5. The van der Waals surface area contributed by atoms with Crippen LogP contribution >= 0.6 is 0 Å². The maximum absolute atomic E-state index is 4.43. The highest BCUT2D eigenvalue weighted by atomic mass is 14.9. The van der Waals surface area contributed by atoms with E-state index in [0.29, 0.717) is 0 Å². The molecule has 0 saturated heterocycles. The van der Waals surface area contributed by atoms with E-state index in [1.165, 1.54) is 16.7 Å². The van der Waals surface area contributed by atoms with E-state index < -0.39 is 0 Å². The van der Waals surface area contributed by atoms with Crippen LogP contribution in [0.2, 0.25) is 0 Å². The van der Waals surface area contributed by atoms with Crippen LogP contribution in [-0.4, -0.2) is 6.21 Å². The van der Waals surface area contributed by atoms with E-state index in [0.717, 1.165) is 28.2 Å². The summed E-state index contributed by atoms with van der Waals surface area (Å²) in [5.41, 5.74) is 8.70. The molecule has 0 saturated carbocycles. The summed E-state index contributed by atoms with van der Waals surface area (Å²) in [5.74, 6) is 0. The average Bonchev–Trinajstić information content (AvgIpc) is 2.66. The summed E-state index contributed by atoms with van der Waals surface area (Å²) in [5, 5.41) is 3.48. The fraction of sp³-hybridized carbons (Fsp3) is 0.125. The Kier molecular flexibility index (Phi) is 5.33. The van der Waals surface area contributed by atoms with E-state index in [1.807, 2.05) is 31.3 Å². The standard InChI is InChI=1S/C24H24N2/c1-5-25-23-11-8-12-24(18(23)3)26-19(4)21-9-6-7-10-22(21)20-15-13-17(2)14-16-20/h5-16,26H,4H2,1-3H3. The SMILES string of the molecule is C=C(Nc1cccc(N=CC)c1C)c1ccccc1-c1ccc(C)cc1. The molecule has 26 heavy (non-hydrogen) atoms. The van der Waals surface area contributed by atoms with Crippen LogP contribution in [0.1, 0.15) is 23.6 Å². The second-order valence-corrected chi connectivity index (χ2v) is 6.35. The van der Waals surface area contributed by atoms with Gasteiger partial charge in [0.25, 0.3) is 0 Å². The zero-order valence-corrected chi connectivity index (χ0v) is 15.6. The van der Waals surface area contributed by atoms with Crippen LogP contribution in [0, 0.1) is 13.8 Å². The van der Waals surface area contributed by atoms with E-state index >= 15 is 0 Å². The lowest BCUT2D eigenvalue weighted by molar-refractivity contribution is 1.38. The molecule has 2 nitrogen and oxygen atoms in total. The molecule has 0 heterocycles. The van der Waals surface area contributed by atoms with Gasteiger partial charge in [-0.3, -0.25) is 4.99 Å². The molecule has 0 bridgehead atoms. The van der Waals surface area contributed by atoms with Gasteiger partial charge in [0.05, 0.1) is 5.69 Å². The highest BCUT2D eigenvalue weighted by Crippen LogP contribution is 2.32. The summed E-state index contributed by atoms with van der Waals surface area (Å²) < 4.78 is 0. The highest BCUT2D eigenvalue weighted by molar-refractivity contribution is 5.86. The number of benzene rings is 3. The third-order valence-electron chi connectivity index (χ3n) is 4.47. The molecule has 130 valence electrons. The summed E-state index contributed by atoms with van der Waals surface area (Å²) in [4.78, 5) is 4.43. The summed E-state index contributed by atoms with van der Waals surface area (Å²) >= 11 is 0. The van der Waals surface area contributed by atoms with E-state index in [1.54, 1.807) is 0 Å². The fourth-order valence-electron chi connectivity index (χ4n) is 3.00. The Morgan fingerprint density at radius 3 is 2.38 bits per heavy atom. The zero-order valence-electron chi connectivity index (χ0n) is 15.6. The minimum Gasteiger partial charge on any atom is -0.355 e. The first-order chi connectivity index (χ1) is 12.6. The molecule has 3 aromatic rings. The molecule has 3 aromatic carbocycles. The van der Waals surface area contributed by atoms with Gasteiger partial charge in [0.1, 0.15) is 0 Å². The molecule has 0 spiro atoms. The molecular weight excluding hydrogens is 316 g/mol. The number of hydrogen-bond acceptors (Lipinski definition) is 2. The molecule has 0 amide bonds. The van der Waals surface area contributed by atoms with Crippen molar-refractivity contribution < 1.29 is 0 Å².